The molecule has 2 rings (SSSR count). The highest BCUT2D eigenvalue weighted by Crippen LogP contribution is 2.35. The van der Waals surface area contributed by atoms with Gasteiger partial charge in [0.25, 0.3) is 0 Å². The number of aliphatic hydroxyl groups is 1. The van der Waals surface area contributed by atoms with Crippen molar-refractivity contribution in [2.24, 2.45) is 5.92 Å². The molecule has 1 heterocycles. The molecule has 1 aliphatic rings. The van der Waals surface area contributed by atoms with Gasteiger partial charge in [0.15, 0.2) is 0 Å². The molecule has 0 aliphatic carbocycles. The van der Waals surface area contributed by atoms with Crippen molar-refractivity contribution >= 4 is 26.0 Å². The Hall–Kier alpha value is -0.630. The average molecular weight is 378 g/mol. The van der Waals surface area contributed by atoms with Gasteiger partial charge in [-0.05, 0) is 37.5 Å². The number of sulfonamides is 1. The largest absolute Gasteiger partial charge is 0.492 e. The molecule has 1 fully saturated rings. The van der Waals surface area contributed by atoms with E-state index in [0.29, 0.717) is 23.4 Å². The average Bonchev–Trinajstić information content (AvgIpc) is 2.82. The summed E-state index contributed by atoms with van der Waals surface area (Å²) in [5.74, 6) is 0.490. The molecule has 1 saturated heterocycles. The fraction of sp³-hybridized carbons (Fsp3) is 0.571. The van der Waals surface area contributed by atoms with E-state index in [-0.39, 0.29) is 23.5 Å². The molecule has 1 aromatic rings. The van der Waals surface area contributed by atoms with Crippen LogP contribution in [0.1, 0.15) is 20.3 Å². The minimum atomic E-state index is -3.69. The zero-order valence-corrected chi connectivity index (χ0v) is 14.5. The minimum absolute atomic E-state index is 0.145. The zero-order chi connectivity index (χ0) is 15.6. The third-order valence-corrected chi connectivity index (χ3v) is 6.25. The summed E-state index contributed by atoms with van der Waals surface area (Å²) in [7, 11) is -3.69. The molecule has 7 heteroatoms. The van der Waals surface area contributed by atoms with Crippen LogP contribution < -0.4 is 4.74 Å². The van der Waals surface area contributed by atoms with Gasteiger partial charge in [-0.3, -0.25) is 0 Å². The number of ether oxygens (including phenoxy) is 1. The van der Waals surface area contributed by atoms with Gasteiger partial charge in [-0.15, -0.1) is 0 Å². The molecule has 1 aliphatic heterocycles. The predicted molar refractivity (Wildman–Crippen MR) is 83.9 cm³/mol. The van der Waals surface area contributed by atoms with Gasteiger partial charge >= 0.3 is 0 Å². The van der Waals surface area contributed by atoms with Crippen molar-refractivity contribution in [1.29, 1.82) is 0 Å². The van der Waals surface area contributed by atoms with Gasteiger partial charge in [-0.1, -0.05) is 22.9 Å². The van der Waals surface area contributed by atoms with Crippen LogP contribution in [0, 0.1) is 5.92 Å². The van der Waals surface area contributed by atoms with Gasteiger partial charge in [-0.25, -0.2) is 8.42 Å². The van der Waals surface area contributed by atoms with Gasteiger partial charge in [0.1, 0.15) is 10.6 Å². The molecular formula is C14H20BrNO4S. The molecule has 0 saturated carbocycles. The lowest BCUT2D eigenvalue weighted by Gasteiger charge is -2.25. The lowest BCUT2D eigenvalue weighted by atomic mass is 10.0. The van der Waals surface area contributed by atoms with Crippen LogP contribution in [0.25, 0.3) is 0 Å². The van der Waals surface area contributed by atoms with Crippen LogP contribution in [0.4, 0.5) is 0 Å². The number of hydrogen-bond acceptors (Lipinski definition) is 4. The van der Waals surface area contributed by atoms with Crippen molar-refractivity contribution in [1.82, 2.24) is 4.31 Å². The Kier molecular flexibility index (Phi) is 5.29. The Balaban J connectivity index is 2.46. The molecule has 0 bridgehead atoms. The van der Waals surface area contributed by atoms with Gasteiger partial charge in [0, 0.05) is 11.0 Å². The molecule has 0 amide bonds. The Morgan fingerprint density at radius 2 is 2.19 bits per heavy atom. The second-order valence-corrected chi connectivity index (χ2v) is 7.93. The second kappa shape index (κ2) is 6.64. The van der Waals surface area contributed by atoms with Crippen molar-refractivity contribution < 1.29 is 18.3 Å². The Labute approximate surface area is 134 Å². The van der Waals surface area contributed by atoms with Gasteiger partial charge in [0.2, 0.25) is 10.0 Å². The molecule has 1 aromatic carbocycles. The van der Waals surface area contributed by atoms with Crippen molar-refractivity contribution in [3.63, 3.8) is 0 Å². The molecule has 2 unspecified atom stereocenters. The van der Waals surface area contributed by atoms with Crippen LogP contribution in [-0.2, 0) is 10.0 Å². The lowest BCUT2D eigenvalue weighted by molar-refractivity contribution is 0.190. The second-order valence-electron chi connectivity index (χ2n) is 5.16. The molecule has 0 aromatic heterocycles. The van der Waals surface area contributed by atoms with Crippen LogP contribution in [0.5, 0.6) is 5.75 Å². The number of aliphatic hydroxyl groups excluding tert-OH is 1. The van der Waals surface area contributed by atoms with Crippen molar-refractivity contribution in [3.05, 3.63) is 22.7 Å². The van der Waals surface area contributed by atoms with Gasteiger partial charge < -0.3 is 9.84 Å². The van der Waals surface area contributed by atoms with Crippen LogP contribution >= 0.6 is 15.9 Å². The van der Waals surface area contributed by atoms with Crippen molar-refractivity contribution in [2.45, 2.75) is 31.2 Å². The first kappa shape index (κ1) is 16.7. The summed E-state index contributed by atoms with van der Waals surface area (Å²) >= 11 is 3.30. The van der Waals surface area contributed by atoms with Crippen molar-refractivity contribution in [3.8, 4) is 5.75 Å². The number of nitrogens with zero attached hydrogens (tertiary/aromatic N) is 1. The van der Waals surface area contributed by atoms with E-state index in [9.17, 15) is 13.5 Å². The van der Waals surface area contributed by atoms with E-state index < -0.39 is 10.0 Å². The van der Waals surface area contributed by atoms with E-state index in [1.165, 1.54) is 4.31 Å². The van der Waals surface area contributed by atoms with Crippen LogP contribution in [0.3, 0.4) is 0 Å². The molecular weight excluding hydrogens is 358 g/mol. The summed E-state index contributed by atoms with van der Waals surface area (Å²) < 4.78 is 33.3. The van der Waals surface area contributed by atoms with Crippen LogP contribution in [0.15, 0.2) is 27.6 Å². The van der Waals surface area contributed by atoms with Crippen molar-refractivity contribution in [2.75, 3.05) is 19.8 Å². The van der Waals surface area contributed by atoms with E-state index in [0.717, 1.165) is 6.42 Å². The summed E-state index contributed by atoms with van der Waals surface area (Å²) in [6.07, 6.45) is 0.752. The van der Waals surface area contributed by atoms with E-state index in [1.807, 2.05) is 13.8 Å². The molecule has 5 nitrogen and oxygen atoms in total. The first-order valence-electron chi connectivity index (χ1n) is 6.96. The first-order chi connectivity index (χ1) is 9.91. The Morgan fingerprint density at radius 3 is 2.81 bits per heavy atom. The van der Waals surface area contributed by atoms with E-state index >= 15 is 0 Å². The third kappa shape index (κ3) is 3.26. The molecule has 21 heavy (non-hydrogen) atoms. The SMILES string of the molecule is CCOc1ccc(Br)cc1S(=O)(=O)N1CCC(C)C1CO. The molecule has 2 atom stereocenters. The minimum Gasteiger partial charge on any atom is -0.492 e. The Morgan fingerprint density at radius 1 is 1.48 bits per heavy atom. The smallest absolute Gasteiger partial charge is 0.247 e. The molecule has 118 valence electrons. The van der Waals surface area contributed by atoms with E-state index in [4.69, 9.17) is 4.74 Å². The predicted octanol–water partition coefficient (Wildman–Crippen LogP) is 2.24. The number of rotatable bonds is 5. The normalized spacial score (nSPS) is 23.4. The number of benzene rings is 1. The Bertz CT molecular complexity index is 605. The van der Waals surface area contributed by atoms with E-state index in [2.05, 4.69) is 15.9 Å². The summed E-state index contributed by atoms with van der Waals surface area (Å²) in [4.78, 5) is 0.145. The zero-order valence-electron chi connectivity index (χ0n) is 12.1. The summed E-state index contributed by atoms with van der Waals surface area (Å²) in [6, 6.07) is 4.58. The fourth-order valence-electron chi connectivity index (χ4n) is 2.63. The third-order valence-electron chi connectivity index (χ3n) is 3.81. The highest BCUT2D eigenvalue weighted by molar-refractivity contribution is 9.10. The van der Waals surface area contributed by atoms with Crippen LogP contribution in [-0.4, -0.2) is 43.6 Å². The molecule has 0 spiro atoms. The fourth-order valence-corrected chi connectivity index (χ4v) is 5.03. The first-order valence-corrected chi connectivity index (χ1v) is 9.20. The quantitative estimate of drug-likeness (QED) is 0.854. The number of hydrogen-bond donors (Lipinski definition) is 1. The lowest BCUT2D eigenvalue weighted by Crippen LogP contribution is -2.39. The van der Waals surface area contributed by atoms with Gasteiger partial charge in [0.05, 0.1) is 19.3 Å². The highest BCUT2D eigenvalue weighted by Gasteiger charge is 2.40. The van der Waals surface area contributed by atoms with E-state index in [1.54, 1.807) is 18.2 Å². The topological polar surface area (TPSA) is 66.8 Å². The van der Waals surface area contributed by atoms with Crippen LogP contribution in [0.2, 0.25) is 0 Å². The standard InChI is InChI=1S/C14H20BrNO4S/c1-3-20-13-5-4-11(15)8-14(13)21(18,19)16-7-6-10(2)12(16)9-17/h4-5,8,10,12,17H,3,6-7,9H2,1-2H3. The monoisotopic (exact) mass is 377 g/mol. The highest BCUT2D eigenvalue weighted by atomic mass is 79.9. The van der Waals surface area contributed by atoms with Gasteiger partial charge in [-0.2, -0.15) is 4.31 Å². The maximum absolute atomic E-state index is 12.9. The molecule has 1 N–H and O–H groups in total. The number of halogens is 1. The summed E-state index contributed by atoms with van der Waals surface area (Å²) in [5, 5.41) is 9.50. The maximum atomic E-state index is 12.9. The summed E-state index contributed by atoms with van der Waals surface area (Å²) in [5.41, 5.74) is 0. The molecule has 0 radical (unpaired) electrons. The maximum Gasteiger partial charge on any atom is 0.247 e. The summed E-state index contributed by atoms with van der Waals surface area (Å²) in [6.45, 7) is 4.42.